The van der Waals surface area contributed by atoms with Gasteiger partial charge in [-0.25, -0.2) is 9.97 Å². The minimum absolute atomic E-state index is 0.551. The van der Waals surface area contributed by atoms with Gasteiger partial charge in [-0.05, 0) is 24.5 Å². The summed E-state index contributed by atoms with van der Waals surface area (Å²) >= 11 is 1.47. The SMILES string of the molecule is c1ncc2c(C3CCNC3)nsc2n1. The van der Waals surface area contributed by atoms with Crippen molar-refractivity contribution in [2.75, 3.05) is 13.1 Å². The van der Waals surface area contributed by atoms with E-state index >= 15 is 0 Å². The summed E-state index contributed by atoms with van der Waals surface area (Å²) < 4.78 is 4.48. The lowest BCUT2D eigenvalue weighted by Gasteiger charge is -2.03. The Hall–Kier alpha value is -1.07. The van der Waals surface area contributed by atoms with Crippen LogP contribution in [0.25, 0.3) is 10.2 Å². The Morgan fingerprint density at radius 1 is 1.50 bits per heavy atom. The number of aromatic nitrogens is 3. The fourth-order valence-electron chi connectivity index (χ4n) is 1.89. The summed E-state index contributed by atoms with van der Waals surface area (Å²) in [5.41, 5.74) is 1.18. The molecule has 0 saturated carbocycles. The van der Waals surface area contributed by atoms with Crippen LogP contribution in [0.5, 0.6) is 0 Å². The molecule has 0 spiro atoms. The minimum Gasteiger partial charge on any atom is -0.316 e. The molecule has 1 fully saturated rings. The second-order valence-electron chi connectivity index (χ2n) is 3.50. The van der Waals surface area contributed by atoms with E-state index in [2.05, 4.69) is 19.7 Å². The molecule has 14 heavy (non-hydrogen) atoms. The first kappa shape index (κ1) is 8.26. The summed E-state index contributed by atoms with van der Waals surface area (Å²) in [5.74, 6) is 0.551. The van der Waals surface area contributed by atoms with E-state index < -0.39 is 0 Å². The molecule has 0 amide bonds. The lowest BCUT2D eigenvalue weighted by atomic mass is 10.0. The Labute approximate surface area is 85.6 Å². The lowest BCUT2D eigenvalue weighted by molar-refractivity contribution is 0.752. The van der Waals surface area contributed by atoms with Crippen LogP contribution in [-0.4, -0.2) is 27.4 Å². The van der Waals surface area contributed by atoms with E-state index in [1.807, 2.05) is 6.20 Å². The molecule has 0 bridgehead atoms. The van der Waals surface area contributed by atoms with Crippen molar-refractivity contribution in [3.63, 3.8) is 0 Å². The number of hydrogen-bond acceptors (Lipinski definition) is 5. The summed E-state index contributed by atoms with van der Waals surface area (Å²) in [6.45, 7) is 2.13. The maximum Gasteiger partial charge on any atom is 0.147 e. The lowest BCUT2D eigenvalue weighted by Crippen LogP contribution is -2.08. The van der Waals surface area contributed by atoms with Gasteiger partial charge < -0.3 is 5.32 Å². The van der Waals surface area contributed by atoms with Crippen molar-refractivity contribution in [3.8, 4) is 0 Å². The van der Waals surface area contributed by atoms with Gasteiger partial charge in [0.25, 0.3) is 0 Å². The predicted molar refractivity (Wildman–Crippen MR) is 55.4 cm³/mol. The van der Waals surface area contributed by atoms with Crippen LogP contribution in [0.2, 0.25) is 0 Å². The summed E-state index contributed by atoms with van der Waals surface area (Å²) in [6, 6.07) is 0. The highest BCUT2D eigenvalue weighted by Crippen LogP contribution is 2.29. The second kappa shape index (κ2) is 3.25. The predicted octanol–water partition coefficient (Wildman–Crippen LogP) is 1.16. The van der Waals surface area contributed by atoms with Crippen molar-refractivity contribution in [2.24, 2.45) is 0 Å². The molecular weight excluding hydrogens is 196 g/mol. The van der Waals surface area contributed by atoms with Crippen LogP contribution in [0.4, 0.5) is 0 Å². The summed E-state index contributed by atoms with van der Waals surface area (Å²) in [7, 11) is 0. The second-order valence-corrected chi connectivity index (χ2v) is 4.25. The Balaban J connectivity index is 2.11. The fraction of sp³-hybridized carbons (Fsp3) is 0.444. The van der Waals surface area contributed by atoms with Gasteiger partial charge in [-0.3, -0.25) is 0 Å². The Morgan fingerprint density at radius 2 is 2.50 bits per heavy atom. The fourth-order valence-corrected chi connectivity index (χ4v) is 2.67. The van der Waals surface area contributed by atoms with Crippen molar-refractivity contribution >= 4 is 21.7 Å². The van der Waals surface area contributed by atoms with Crippen LogP contribution in [0.15, 0.2) is 12.5 Å². The van der Waals surface area contributed by atoms with Gasteiger partial charge in [-0.2, -0.15) is 4.37 Å². The highest BCUT2D eigenvalue weighted by Gasteiger charge is 2.21. The standard InChI is InChI=1S/C9H10N4S/c1-2-10-3-6(1)8-7-4-11-5-12-9(7)14-13-8/h4-6,10H,1-3H2. The van der Waals surface area contributed by atoms with Gasteiger partial charge in [0, 0.05) is 18.7 Å². The minimum atomic E-state index is 0.551. The van der Waals surface area contributed by atoms with Gasteiger partial charge in [-0.15, -0.1) is 0 Å². The molecule has 0 aliphatic carbocycles. The molecule has 1 saturated heterocycles. The number of fused-ring (bicyclic) bond motifs is 1. The molecule has 2 aromatic rings. The van der Waals surface area contributed by atoms with Gasteiger partial charge in [0.1, 0.15) is 11.2 Å². The van der Waals surface area contributed by atoms with Crippen molar-refractivity contribution in [3.05, 3.63) is 18.2 Å². The third-order valence-corrected chi connectivity index (χ3v) is 3.42. The zero-order chi connectivity index (χ0) is 9.38. The number of rotatable bonds is 1. The van der Waals surface area contributed by atoms with E-state index in [0.29, 0.717) is 5.92 Å². The Morgan fingerprint density at radius 3 is 3.36 bits per heavy atom. The molecular formula is C9H10N4S. The highest BCUT2D eigenvalue weighted by atomic mass is 32.1. The largest absolute Gasteiger partial charge is 0.316 e. The monoisotopic (exact) mass is 206 g/mol. The van der Waals surface area contributed by atoms with Crippen molar-refractivity contribution in [1.82, 2.24) is 19.7 Å². The van der Waals surface area contributed by atoms with Gasteiger partial charge in [0.05, 0.1) is 11.1 Å². The van der Waals surface area contributed by atoms with Gasteiger partial charge in [0.2, 0.25) is 0 Å². The van der Waals surface area contributed by atoms with Gasteiger partial charge >= 0.3 is 0 Å². The van der Waals surface area contributed by atoms with E-state index in [0.717, 1.165) is 23.3 Å². The quantitative estimate of drug-likeness (QED) is 0.760. The Bertz CT molecular complexity index is 447. The topological polar surface area (TPSA) is 50.7 Å². The average molecular weight is 206 g/mol. The number of nitrogens with one attached hydrogen (secondary N) is 1. The molecule has 3 rings (SSSR count). The van der Waals surface area contributed by atoms with Crippen LogP contribution in [0.3, 0.4) is 0 Å². The van der Waals surface area contributed by atoms with Gasteiger partial charge in [0.15, 0.2) is 0 Å². The van der Waals surface area contributed by atoms with Crippen LogP contribution >= 0.6 is 11.5 Å². The first-order valence-electron chi connectivity index (χ1n) is 4.71. The van der Waals surface area contributed by atoms with E-state index in [9.17, 15) is 0 Å². The summed E-state index contributed by atoms with van der Waals surface area (Å²) in [5, 5.41) is 4.48. The molecule has 1 N–H and O–H groups in total. The molecule has 2 aromatic heterocycles. The van der Waals surface area contributed by atoms with Crippen LogP contribution < -0.4 is 5.32 Å². The first-order chi connectivity index (χ1) is 6.95. The molecule has 1 atom stereocenters. The maximum absolute atomic E-state index is 4.48. The van der Waals surface area contributed by atoms with E-state index in [-0.39, 0.29) is 0 Å². The van der Waals surface area contributed by atoms with Crippen LogP contribution in [-0.2, 0) is 0 Å². The molecule has 0 aromatic carbocycles. The molecule has 1 aliphatic rings. The number of hydrogen-bond donors (Lipinski definition) is 1. The van der Waals surface area contributed by atoms with Crippen LogP contribution in [0.1, 0.15) is 18.0 Å². The van der Waals surface area contributed by atoms with Gasteiger partial charge in [-0.1, -0.05) is 0 Å². The molecule has 1 unspecified atom stereocenters. The van der Waals surface area contributed by atoms with Crippen LogP contribution in [0, 0.1) is 0 Å². The van der Waals surface area contributed by atoms with E-state index in [4.69, 9.17) is 0 Å². The molecule has 0 radical (unpaired) electrons. The molecule has 72 valence electrons. The molecule has 4 nitrogen and oxygen atoms in total. The zero-order valence-electron chi connectivity index (χ0n) is 7.60. The maximum atomic E-state index is 4.48. The average Bonchev–Trinajstić information content (AvgIpc) is 2.85. The molecule has 5 heteroatoms. The molecule has 1 aliphatic heterocycles. The normalized spacial score (nSPS) is 21.9. The third-order valence-electron chi connectivity index (χ3n) is 2.63. The summed E-state index contributed by atoms with van der Waals surface area (Å²) in [6.07, 6.45) is 4.63. The highest BCUT2D eigenvalue weighted by molar-refractivity contribution is 7.12. The summed E-state index contributed by atoms with van der Waals surface area (Å²) in [4.78, 5) is 9.25. The molecule has 3 heterocycles. The van der Waals surface area contributed by atoms with Crippen molar-refractivity contribution in [1.29, 1.82) is 0 Å². The zero-order valence-corrected chi connectivity index (χ0v) is 8.42. The van der Waals surface area contributed by atoms with Crippen molar-refractivity contribution < 1.29 is 0 Å². The smallest absolute Gasteiger partial charge is 0.147 e. The first-order valence-corrected chi connectivity index (χ1v) is 5.48. The van der Waals surface area contributed by atoms with Crippen molar-refractivity contribution in [2.45, 2.75) is 12.3 Å². The van der Waals surface area contributed by atoms with E-state index in [1.54, 1.807) is 6.33 Å². The third kappa shape index (κ3) is 1.20. The van der Waals surface area contributed by atoms with E-state index in [1.165, 1.54) is 23.6 Å². The Kier molecular flexibility index (Phi) is 1.92. The number of nitrogens with zero attached hydrogens (tertiary/aromatic N) is 3.